The molecule has 0 saturated carbocycles. The number of aromatic hydroxyl groups is 1. The molecular weight excluding hydrogens is 476 g/mol. The Kier molecular flexibility index (Phi) is 6.35. The van der Waals surface area contributed by atoms with Gasteiger partial charge in [-0.1, -0.05) is 58.0 Å². The number of hydrogen-bond acceptors (Lipinski definition) is 3. The summed E-state index contributed by atoms with van der Waals surface area (Å²) in [5.74, 6) is 0.0443. The van der Waals surface area contributed by atoms with Gasteiger partial charge in [-0.2, -0.15) is 0 Å². The molecule has 0 spiro atoms. The topological polar surface area (TPSA) is 37.3 Å². The van der Waals surface area contributed by atoms with Crippen LogP contribution in [0.5, 0.6) is 5.75 Å². The molecule has 0 bridgehead atoms. The fraction of sp³-hybridized carbons (Fsp3) is 0. The molecule has 0 fully saturated rings. The Morgan fingerprint density at radius 3 is 2.23 bits per heavy atom. The van der Waals surface area contributed by atoms with Crippen LogP contribution < -0.4 is 0 Å². The maximum absolute atomic E-state index is 13.1. The number of Topliss-reactive ketones (excluding diaryl/α,β-unsaturated/α-hetero) is 1. The maximum atomic E-state index is 13.1. The van der Waals surface area contributed by atoms with Crippen LogP contribution in [0.2, 0.25) is 0 Å². The van der Waals surface area contributed by atoms with Gasteiger partial charge in [0.1, 0.15) is 5.75 Å². The van der Waals surface area contributed by atoms with Crippen molar-refractivity contribution in [2.24, 2.45) is 0 Å². The van der Waals surface area contributed by atoms with E-state index in [9.17, 15) is 9.90 Å². The third kappa shape index (κ3) is 4.67. The predicted molar refractivity (Wildman–Crippen MR) is 115 cm³/mol. The van der Waals surface area contributed by atoms with E-state index in [1.54, 1.807) is 36.4 Å². The zero-order chi connectivity index (χ0) is 18.5. The number of rotatable bonds is 5. The minimum atomic E-state index is -0.0958. The highest BCUT2D eigenvalue weighted by molar-refractivity contribution is 9.10. The number of thioether (sulfide) groups is 1. The molecule has 0 radical (unpaired) electrons. The van der Waals surface area contributed by atoms with Gasteiger partial charge in [-0.15, -0.1) is 0 Å². The highest BCUT2D eigenvalue weighted by Gasteiger charge is 2.16. The Morgan fingerprint density at radius 2 is 1.54 bits per heavy atom. The van der Waals surface area contributed by atoms with Gasteiger partial charge in [0.2, 0.25) is 0 Å². The van der Waals surface area contributed by atoms with E-state index in [1.165, 1.54) is 11.8 Å². The van der Waals surface area contributed by atoms with Gasteiger partial charge in [0, 0.05) is 25.0 Å². The second kappa shape index (κ2) is 8.71. The smallest absolute Gasteiger partial charge is 0.199 e. The zero-order valence-electron chi connectivity index (χ0n) is 13.5. The highest BCUT2D eigenvalue weighted by atomic mass is 79.9. The Balaban J connectivity index is 2.04. The van der Waals surface area contributed by atoms with Crippen LogP contribution in [0, 0.1) is 0 Å². The van der Waals surface area contributed by atoms with Crippen molar-refractivity contribution in [3.8, 4) is 5.75 Å². The number of carbonyl (C=O) groups is 1. The number of allylic oxidation sites excluding steroid dienone is 1. The molecule has 3 aromatic carbocycles. The number of phenolic OH excluding ortho intramolecular Hbond substituents is 1. The van der Waals surface area contributed by atoms with E-state index in [4.69, 9.17) is 0 Å². The Labute approximate surface area is 173 Å². The SMILES string of the molecule is O=C(/C(=C\c1ccccc1O)Sc1ccccc1Br)c1ccc(Br)cc1. The number of halogens is 2. The quantitative estimate of drug-likeness (QED) is 0.239. The van der Waals surface area contributed by atoms with Crippen LogP contribution in [0.1, 0.15) is 15.9 Å². The van der Waals surface area contributed by atoms with E-state index in [-0.39, 0.29) is 11.5 Å². The van der Waals surface area contributed by atoms with Crippen molar-refractivity contribution in [3.05, 3.63) is 97.8 Å². The van der Waals surface area contributed by atoms with Crippen LogP contribution in [0.3, 0.4) is 0 Å². The number of phenols is 1. The average molecular weight is 490 g/mol. The first-order valence-corrected chi connectivity index (χ1v) is 10.2. The molecule has 0 aromatic heterocycles. The second-order valence-corrected chi connectivity index (χ2v) is 8.29. The summed E-state index contributed by atoms with van der Waals surface area (Å²) < 4.78 is 1.83. The van der Waals surface area contributed by atoms with Crippen molar-refractivity contribution in [2.75, 3.05) is 0 Å². The molecule has 0 saturated heterocycles. The lowest BCUT2D eigenvalue weighted by Gasteiger charge is -2.09. The molecular formula is C21H14Br2O2S. The zero-order valence-corrected chi connectivity index (χ0v) is 17.5. The van der Waals surface area contributed by atoms with Crippen molar-refractivity contribution in [3.63, 3.8) is 0 Å². The molecule has 0 amide bonds. The first-order valence-electron chi connectivity index (χ1n) is 7.77. The first-order chi connectivity index (χ1) is 12.5. The van der Waals surface area contributed by atoms with E-state index < -0.39 is 0 Å². The van der Waals surface area contributed by atoms with Gasteiger partial charge in [-0.25, -0.2) is 0 Å². The van der Waals surface area contributed by atoms with Gasteiger partial charge in [0.15, 0.2) is 5.78 Å². The Hall–Kier alpha value is -1.82. The van der Waals surface area contributed by atoms with E-state index in [0.717, 1.165) is 13.8 Å². The number of hydrogen-bond donors (Lipinski definition) is 1. The van der Waals surface area contributed by atoms with Gasteiger partial charge in [0.25, 0.3) is 0 Å². The van der Waals surface area contributed by atoms with Gasteiger partial charge in [0.05, 0.1) is 4.91 Å². The van der Waals surface area contributed by atoms with Crippen molar-refractivity contribution in [2.45, 2.75) is 4.90 Å². The van der Waals surface area contributed by atoms with Crippen molar-refractivity contribution in [1.82, 2.24) is 0 Å². The van der Waals surface area contributed by atoms with Crippen LogP contribution in [-0.2, 0) is 0 Å². The van der Waals surface area contributed by atoms with Crippen LogP contribution in [0.25, 0.3) is 6.08 Å². The molecule has 5 heteroatoms. The first kappa shape index (κ1) is 19.0. The van der Waals surface area contributed by atoms with Crippen LogP contribution >= 0.6 is 43.6 Å². The molecule has 0 aliphatic rings. The summed E-state index contributed by atoms with van der Waals surface area (Å²) in [6.07, 6.45) is 1.73. The maximum Gasteiger partial charge on any atom is 0.199 e. The lowest BCUT2D eigenvalue weighted by Crippen LogP contribution is -2.01. The van der Waals surface area contributed by atoms with E-state index >= 15 is 0 Å². The summed E-state index contributed by atoms with van der Waals surface area (Å²) >= 11 is 8.28. The number of benzene rings is 3. The molecule has 3 rings (SSSR count). The van der Waals surface area contributed by atoms with E-state index in [1.807, 2.05) is 42.5 Å². The second-order valence-electron chi connectivity index (χ2n) is 5.44. The Morgan fingerprint density at radius 1 is 0.885 bits per heavy atom. The molecule has 0 aliphatic heterocycles. The third-order valence-corrected chi connectivity index (χ3v) is 6.19. The predicted octanol–water partition coefficient (Wildman–Crippen LogP) is 6.93. The molecule has 1 N–H and O–H groups in total. The minimum absolute atomic E-state index is 0.0958. The largest absolute Gasteiger partial charge is 0.507 e. The average Bonchev–Trinajstić information content (AvgIpc) is 2.64. The number of carbonyl (C=O) groups excluding carboxylic acids is 1. The fourth-order valence-corrected chi connectivity index (χ4v) is 4.02. The molecule has 3 aromatic rings. The summed E-state index contributed by atoms with van der Waals surface area (Å²) in [6.45, 7) is 0. The van der Waals surface area contributed by atoms with Crippen molar-refractivity contribution in [1.29, 1.82) is 0 Å². The summed E-state index contributed by atoms with van der Waals surface area (Å²) in [5, 5.41) is 10.1. The fourth-order valence-electron chi connectivity index (χ4n) is 2.28. The molecule has 2 nitrogen and oxygen atoms in total. The van der Waals surface area contributed by atoms with Gasteiger partial charge < -0.3 is 5.11 Å². The van der Waals surface area contributed by atoms with Gasteiger partial charge in [-0.3, -0.25) is 4.79 Å². The van der Waals surface area contributed by atoms with Gasteiger partial charge in [-0.05, 0) is 64.5 Å². The monoisotopic (exact) mass is 488 g/mol. The summed E-state index contributed by atoms with van der Waals surface area (Å²) in [6, 6.07) is 22.0. The van der Waals surface area contributed by atoms with Crippen LogP contribution in [0.4, 0.5) is 0 Å². The van der Waals surface area contributed by atoms with Crippen molar-refractivity contribution < 1.29 is 9.90 Å². The van der Waals surface area contributed by atoms with E-state index in [0.29, 0.717) is 16.0 Å². The van der Waals surface area contributed by atoms with E-state index in [2.05, 4.69) is 31.9 Å². The number of para-hydroxylation sites is 1. The lowest BCUT2D eigenvalue weighted by atomic mass is 10.1. The lowest BCUT2D eigenvalue weighted by molar-refractivity contribution is 0.104. The Bertz CT molecular complexity index is 966. The summed E-state index contributed by atoms with van der Waals surface area (Å²) in [7, 11) is 0. The summed E-state index contributed by atoms with van der Waals surface area (Å²) in [5.41, 5.74) is 1.20. The normalized spacial score (nSPS) is 11.4. The standard InChI is InChI=1S/C21H14Br2O2S/c22-16-11-9-14(10-12-16)21(25)20(13-15-5-1-3-7-18(15)24)26-19-8-4-2-6-17(19)23/h1-13,24H/b20-13+. The molecule has 0 unspecified atom stereocenters. The third-order valence-electron chi connectivity index (χ3n) is 3.61. The number of ketones is 1. The summed E-state index contributed by atoms with van der Waals surface area (Å²) in [4.78, 5) is 14.5. The van der Waals surface area contributed by atoms with Gasteiger partial charge >= 0.3 is 0 Å². The minimum Gasteiger partial charge on any atom is -0.507 e. The molecule has 130 valence electrons. The highest BCUT2D eigenvalue weighted by Crippen LogP contribution is 2.36. The molecule has 26 heavy (non-hydrogen) atoms. The molecule has 0 heterocycles. The molecule has 0 aliphatic carbocycles. The van der Waals surface area contributed by atoms with Crippen molar-refractivity contribution >= 4 is 55.5 Å². The molecule has 0 atom stereocenters. The van der Waals surface area contributed by atoms with Crippen LogP contribution in [-0.4, -0.2) is 10.9 Å². The van der Waals surface area contributed by atoms with Crippen LogP contribution in [0.15, 0.2) is 91.5 Å².